The maximum absolute atomic E-state index is 12.0. The van der Waals surface area contributed by atoms with E-state index in [4.69, 9.17) is 10.5 Å². The summed E-state index contributed by atoms with van der Waals surface area (Å²) < 4.78 is 5.61. The molecule has 0 saturated carbocycles. The molecule has 4 nitrogen and oxygen atoms in total. The molecule has 0 fully saturated rings. The smallest absolute Gasteiger partial charge is 0.269 e. The van der Waals surface area contributed by atoms with Crippen molar-refractivity contribution >= 4 is 11.6 Å². The molecule has 0 spiro atoms. The lowest BCUT2D eigenvalue weighted by Crippen LogP contribution is -2.47. The number of carbonyl (C=O) groups is 1. The summed E-state index contributed by atoms with van der Waals surface area (Å²) in [6, 6.07) is 6.01. The Bertz CT molecular complexity index is 457. The molecule has 1 heterocycles. The second kappa shape index (κ2) is 4.98. The first-order valence-electron chi connectivity index (χ1n) is 6.30. The van der Waals surface area contributed by atoms with Gasteiger partial charge in [0.1, 0.15) is 5.75 Å². The quantitative estimate of drug-likeness (QED) is 0.883. The van der Waals surface area contributed by atoms with E-state index in [9.17, 15) is 4.79 Å². The lowest BCUT2D eigenvalue weighted by Gasteiger charge is -2.31. The molecule has 0 radical (unpaired) electrons. The summed E-state index contributed by atoms with van der Waals surface area (Å²) >= 11 is 0. The molecule has 0 saturated heterocycles. The Morgan fingerprint density at radius 1 is 1.44 bits per heavy atom. The number of benzene rings is 1. The van der Waals surface area contributed by atoms with Crippen LogP contribution in [0.3, 0.4) is 0 Å². The summed E-state index contributed by atoms with van der Waals surface area (Å²) in [6.07, 6.45) is 0.439. The summed E-state index contributed by atoms with van der Waals surface area (Å²) in [6.45, 7) is 4.56. The topological polar surface area (TPSA) is 55.6 Å². The highest BCUT2D eigenvalue weighted by Crippen LogP contribution is 2.34. The minimum atomic E-state index is -0.557. The number of carbonyl (C=O) groups excluding carboxylic acids is 1. The summed E-state index contributed by atoms with van der Waals surface area (Å²) in [5.41, 5.74) is 7.59. The minimum Gasteiger partial charge on any atom is -0.477 e. The summed E-state index contributed by atoms with van der Waals surface area (Å²) in [4.78, 5) is 13.6. The van der Waals surface area contributed by atoms with Gasteiger partial charge in [0, 0.05) is 13.6 Å². The fourth-order valence-corrected chi connectivity index (χ4v) is 2.21. The zero-order chi connectivity index (χ0) is 13.3. The van der Waals surface area contributed by atoms with Crippen molar-refractivity contribution in [2.75, 3.05) is 18.5 Å². The molecule has 1 aromatic carbocycles. The summed E-state index contributed by atoms with van der Waals surface area (Å²) in [5.74, 6) is 1.25. The van der Waals surface area contributed by atoms with E-state index in [1.54, 1.807) is 11.9 Å². The highest BCUT2D eigenvalue weighted by molar-refractivity contribution is 5.99. The van der Waals surface area contributed by atoms with Gasteiger partial charge in [0.2, 0.25) is 0 Å². The molecule has 1 atom stereocenters. The molecule has 0 aromatic heterocycles. The third-order valence-corrected chi connectivity index (χ3v) is 3.12. The predicted octanol–water partition coefficient (Wildman–Crippen LogP) is 1.57. The average Bonchev–Trinajstić information content (AvgIpc) is 2.33. The minimum absolute atomic E-state index is 0.0771. The third-order valence-electron chi connectivity index (χ3n) is 3.12. The Labute approximate surface area is 108 Å². The van der Waals surface area contributed by atoms with Crippen LogP contribution >= 0.6 is 0 Å². The Balaban J connectivity index is 2.33. The average molecular weight is 248 g/mol. The molecule has 1 amide bonds. The molecule has 2 N–H and O–H groups in total. The van der Waals surface area contributed by atoms with Crippen molar-refractivity contribution in [1.29, 1.82) is 0 Å². The van der Waals surface area contributed by atoms with Crippen molar-refractivity contribution in [3.63, 3.8) is 0 Å². The molecule has 0 aliphatic carbocycles. The first-order chi connectivity index (χ1) is 8.52. The van der Waals surface area contributed by atoms with Crippen LogP contribution in [0.2, 0.25) is 0 Å². The lowest BCUT2D eigenvalue weighted by molar-refractivity contribution is -0.125. The van der Waals surface area contributed by atoms with Crippen LogP contribution in [0.15, 0.2) is 18.2 Å². The highest BCUT2D eigenvalue weighted by atomic mass is 16.5. The SMILES string of the molecule is CC(C)Cc1ccc2c(c1)N(C)C(=O)C(CN)O2. The Morgan fingerprint density at radius 3 is 2.78 bits per heavy atom. The van der Waals surface area contributed by atoms with Crippen molar-refractivity contribution in [2.24, 2.45) is 11.7 Å². The van der Waals surface area contributed by atoms with Crippen LogP contribution in [0.25, 0.3) is 0 Å². The number of hydrogen-bond donors (Lipinski definition) is 1. The van der Waals surface area contributed by atoms with Gasteiger partial charge >= 0.3 is 0 Å². The number of anilines is 1. The fourth-order valence-electron chi connectivity index (χ4n) is 2.21. The zero-order valence-corrected chi connectivity index (χ0v) is 11.1. The van der Waals surface area contributed by atoms with Crippen molar-refractivity contribution in [2.45, 2.75) is 26.4 Å². The molecular formula is C14H20N2O2. The standard InChI is InChI=1S/C14H20N2O2/c1-9(2)6-10-4-5-12-11(7-10)16(3)14(17)13(8-15)18-12/h4-5,7,9,13H,6,8,15H2,1-3H3. The lowest BCUT2D eigenvalue weighted by atomic mass is 10.0. The van der Waals surface area contributed by atoms with Gasteiger partial charge in [-0.15, -0.1) is 0 Å². The second-order valence-corrected chi connectivity index (χ2v) is 5.14. The maximum Gasteiger partial charge on any atom is 0.269 e. The summed E-state index contributed by atoms with van der Waals surface area (Å²) in [7, 11) is 1.77. The fraction of sp³-hybridized carbons (Fsp3) is 0.500. The molecule has 98 valence electrons. The molecule has 1 aliphatic heterocycles. The van der Waals surface area contributed by atoms with Crippen LogP contribution < -0.4 is 15.4 Å². The Hall–Kier alpha value is -1.55. The molecule has 0 bridgehead atoms. The Kier molecular flexibility index (Phi) is 3.57. The molecule has 4 heteroatoms. The number of amides is 1. The van der Waals surface area contributed by atoms with E-state index in [2.05, 4.69) is 19.9 Å². The van der Waals surface area contributed by atoms with Crippen LogP contribution in [-0.2, 0) is 11.2 Å². The molecule has 1 aliphatic rings. The van der Waals surface area contributed by atoms with Crippen LogP contribution in [0.4, 0.5) is 5.69 Å². The van der Waals surface area contributed by atoms with Crippen molar-refractivity contribution < 1.29 is 9.53 Å². The first-order valence-corrected chi connectivity index (χ1v) is 6.30. The van der Waals surface area contributed by atoms with E-state index < -0.39 is 6.10 Å². The van der Waals surface area contributed by atoms with E-state index in [1.807, 2.05) is 12.1 Å². The van der Waals surface area contributed by atoms with Crippen molar-refractivity contribution in [1.82, 2.24) is 0 Å². The predicted molar refractivity (Wildman–Crippen MR) is 71.9 cm³/mol. The second-order valence-electron chi connectivity index (χ2n) is 5.14. The van der Waals surface area contributed by atoms with Crippen molar-refractivity contribution in [3.8, 4) is 5.75 Å². The number of rotatable bonds is 3. The number of fused-ring (bicyclic) bond motifs is 1. The van der Waals surface area contributed by atoms with Crippen LogP contribution in [0.5, 0.6) is 5.75 Å². The first kappa shape index (κ1) is 12.9. The Morgan fingerprint density at radius 2 is 2.17 bits per heavy atom. The summed E-state index contributed by atoms with van der Waals surface area (Å²) in [5, 5.41) is 0. The van der Waals surface area contributed by atoms with Gasteiger partial charge in [0.05, 0.1) is 5.69 Å². The van der Waals surface area contributed by atoms with Gasteiger partial charge in [-0.1, -0.05) is 19.9 Å². The number of hydrogen-bond acceptors (Lipinski definition) is 3. The zero-order valence-electron chi connectivity index (χ0n) is 11.1. The molecule has 18 heavy (non-hydrogen) atoms. The number of likely N-dealkylation sites (N-methyl/N-ethyl adjacent to an activating group) is 1. The van der Waals surface area contributed by atoms with E-state index in [0.717, 1.165) is 17.9 Å². The number of ether oxygens (including phenoxy) is 1. The molecule has 2 rings (SSSR count). The highest BCUT2D eigenvalue weighted by Gasteiger charge is 2.31. The third kappa shape index (κ3) is 2.34. The van der Waals surface area contributed by atoms with Crippen LogP contribution in [-0.4, -0.2) is 25.6 Å². The van der Waals surface area contributed by atoms with Crippen LogP contribution in [0, 0.1) is 5.92 Å². The molecular weight excluding hydrogens is 228 g/mol. The van der Waals surface area contributed by atoms with E-state index in [-0.39, 0.29) is 12.5 Å². The monoisotopic (exact) mass is 248 g/mol. The molecule has 1 unspecified atom stereocenters. The molecule has 1 aromatic rings. The largest absolute Gasteiger partial charge is 0.477 e. The van der Waals surface area contributed by atoms with Gasteiger partial charge in [0.15, 0.2) is 6.10 Å². The van der Waals surface area contributed by atoms with E-state index in [1.165, 1.54) is 5.56 Å². The van der Waals surface area contributed by atoms with Gasteiger partial charge in [0.25, 0.3) is 5.91 Å². The van der Waals surface area contributed by atoms with Gasteiger partial charge in [-0.25, -0.2) is 0 Å². The maximum atomic E-state index is 12.0. The van der Waals surface area contributed by atoms with E-state index >= 15 is 0 Å². The normalized spacial score (nSPS) is 18.8. The van der Waals surface area contributed by atoms with E-state index in [0.29, 0.717) is 5.92 Å². The number of nitrogens with two attached hydrogens (primary N) is 1. The van der Waals surface area contributed by atoms with Gasteiger partial charge in [-0.05, 0) is 30.0 Å². The van der Waals surface area contributed by atoms with Gasteiger partial charge < -0.3 is 15.4 Å². The van der Waals surface area contributed by atoms with Crippen LogP contribution in [0.1, 0.15) is 19.4 Å². The number of nitrogens with zero attached hydrogens (tertiary/aromatic N) is 1. The van der Waals surface area contributed by atoms with Gasteiger partial charge in [-0.2, -0.15) is 0 Å². The van der Waals surface area contributed by atoms with Crippen molar-refractivity contribution in [3.05, 3.63) is 23.8 Å². The van der Waals surface area contributed by atoms with Gasteiger partial charge in [-0.3, -0.25) is 4.79 Å².